The molecule has 7 nitrogen and oxygen atoms in total. The molecular formula is C26H27Cl2N3O4S. The number of nitrogens with zero attached hydrogens (tertiary/aromatic N) is 1. The van der Waals surface area contributed by atoms with Gasteiger partial charge >= 0.3 is 0 Å². The molecule has 0 spiro atoms. The molecule has 0 aliphatic heterocycles. The van der Waals surface area contributed by atoms with Crippen molar-refractivity contribution in [3.05, 3.63) is 87.9 Å². The molecule has 0 heterocycles. The standard InChI is InChI=1S/C26H27Cl2N3O4S/c1-17(2)15-29-26(33)21-6-4-5-7-23(21)30-25(32)16-31(24-14-19(27)10-13-22(24)28)36(34,35)20-11-8-18(3)9-12-20/h4-14,17H,15-16H2,1-3H3,(H,29,33)(H,30,32). The van der Waals surface area contributed by atoms with E-state index in [1.807, 2.05) is 20.8 Å². The monoisotopic (exact) mass is 547 g/mol. The summed E-state index contributed by atoms with van der Waals surface area (Å²) < 4.78 is 28.1. The van der Waals surface area contributed by atoms with E-state index in [4.69, 9.17) is 23.2 Å². The van der Waals surface area contributed by atoms with Crippen LogP contribution in [0.3, 0.4) is 0 Å². The number of halogens is 2. The Bertz CT molecular complexity index is 1360. The molecule has 0 unspecified atom stereocenters. The molecule has 36 heavy (non-hydrogen) atoms. The Balaban J connectivity index is 1.94. The Morgan fingerprint density at radius 2 is 1.64 bits per heavy atom. The zero-order valence-corrected chi connectivity index (χ0v) is 22.4. The lowest BCUT2D eigenvalue weighted by Gasteiger charge is -2.25. The van der Waals surface area contributed by atoms with E-state index in [1.54, 1.807) is 36.4 Å². The number of carbonyl (C=O) groups excluding carboxylic acids is 2. The molecule has 0 atom stereocenters. The molecule has 3 aromatic carbocycles. The van der Waals surface area contributed by atoms with Crippen molar-refractivity contribution in [3.63, 3.8) is 0 Å². The Kier molecular flexibility index (Phi) is 9.00. The van der Waals surface area contributed by atoms with Crippen molar-refractivity contribution in [2.75, 3.05) is 22.7 Å². The average Bonchev–Trinajstić information content (AvgIpc) is 2.83. The third-order valence-electron chi connectivity index (χ3n) is 5.19. The maximum absolute atomic E-state index is 13.6. The van der Waals surface area contributed by atoms with Gasteiger partial charge in [0.2, 0.25) is 5.91 Å². The number of sulfonamides is 1. The van der Waals surface area contributed by atoms with Crippen molar-refractivity contribution in [3.8, 4) is 0 Å². The Morgan fingerprint density at radius 1 is 0.972 bits per heavy atom. The van der Waals surface area contributed by atoms with E-state index < -0.39 is 22.5 Å². The van der Waals surface area contributed by atoms with Crippen molar-refractivity contribution >= 4 is 56.4 Å². The number of para-hydroxylation sites is 1. The van der Waals surface area contributed by atoms with Gasteiger partial charge < -0.3 is 10.6 Å². The van der Waals surface area contributed by atoms with E-state index >= 15 is 0 Å². The van der Waals surface area contributed by atoms with Crippen molar-refractivity contribution in [2.45, 2.75) is 25.7 Å². The van der Waals surface area contributed by atoms with Gasteiger partial charge in [-0.2, -0.15) is 0 Å². The zero-order chi connectivity index (χ0) is 26.5. The van der Waals surface area contributed by atoms with Crippen molar-refractivity contribution < 1.29 is 18.0 Å². The fraction of sp³-hybridized carbons (Fsp3) is 0.231. The number of carbonyl (C=O) groups is 2. The molecule has 3 rings (SSSR count). The zero-order valence-electron chi connectivity index (χ0n) is 20.1. The van der Waals surface area contributed by atoms with Crippen LogP contribution in [0, 0.1) is 12.8 Å². The molecule has 0 saturated carbocycles. The minimum atomic E-state index is -4.19. The fourth-order valence-electron chi connectivity index (χ4n) is 3.32. The van der Waals surface area contributed by atoms with Gasteiger partial charge in [-0.1, -0.05) is 66.9 Å². The molecule has 0 bridgehead atoms. The van der Waals surface area contributed by atoms with Gasteiger partial charge in [0, 0.05) is 11.6 Å². The van der Waals surface area contributed by atoms with Gasteiger partial charge in [0.15, 0.2) is 0 Å². The fourth-order valence-corrected chi connectivity index (χ4v) is 5.18. The van der Waals surface area contributed by atoms with E-state index in [0.29, 0.717) is 6.54 Å². The number of anilines is 2. The molecule has 0 aromatic heterocycles. The lowest BCUT2D eigenvalue weighted by molar-refractivity contribution is -0.114. The molecule has 3 aromatic rings. The lowest BCUT2D eigenvalue weighted by Crippen LogP contribution is -2.38. The summed E-state index contributed by atoms with van der Waals surface area (Å²) in [7, 11) is -4.19. The highest BCUT2D eigenvalue weighted by Gasteiger charge is 2.29. The molecular weight excluding hydrogens is 521 g/mol. The van der Waals surface area contributed by atoms with Crippen LogP contribution in [0.1, 0.15) is 29.8 Å². The molecule has 10 heteroatoms. The minimum absolute atomic E-state index is 0.00888. The molecule has 2 N–H and O–H groups in total. The van der Waals surface area contributed by atoms with Crippen molar-refractivity contribution in [1.82, 2.24) is 5.32 Å². The van der Waals surface area contributed by atoms with Gasteiger partial charge in [0.1, 0.15) is 6.54 Å². The summed E-state index contributed by atoms with van der Waals surface area (Å²) >= 11 is 12.5. The number of nitrogens with one attached hydrogen (secondary N) is 2. The second-order valence-corrected chi connectivity index (χ2v) is 11.3. The van der Waals surface area contributed by atoms with Gasteiger partial charge in [-0.15, -0.1) is 0 Å². The van der Waals surface area contributed by atoms with Crippen molar-refractivity contribution in [1.29, 1.82) is 0 Å². The first-order chi connectivity index (χ1) is 17.0. The maximum Gasteiger partial charge on any atom is 0.264 e. The molecule has 2 amide bonds. The minimum Gasteiger partial charge on any atom is -0.352 e. The van der Waals surface area contributed by atoms with E-state index in [1.165, 1.54) is 30.3 Å². The molecule has 0 aliphatic carbocycles. The summed E-state index contributed by atoms with van der Waals surface area (Å²) in [4.78, 5) is 25.8. The first-order valence-corrected chi connectivity index (χ1v) is 13.4. The van der Waals surface area contributed by atoms with E-state index in [2.05, 4.69) is 10.6 Å². The predicted molar refractivity (Wildman–Crippen MR) is 144 cm³/mol. The summed E-state index contributed by atoms with van der Waals surface area (Å²) in [5.41, 5.74) is 1.46. The average molecular weight is 548 g/mol. The maximum atomic E-state index is 13.6. The van der Waals surface area contributed by atoms with Gasteiger partial charge in [0.25, 0.3) is 15.9 Å². The van der Waals surface area contributed by atoms with E-state index in [9.17, 15) is 18.0 Å². The summed E-state index contributed by atoms with van der Waals surface area (Å²) in [6, 6.07) is 17.1. The van der Waals surface area contributed by atoms with E-state index in [0.717, 1.165) is 9.87 Å². The lowest BCUT2D eigenvalue weighted by atomic mass is 10.1. The van der Waals surface area contributed by atoms with Gasteiger partial charge in [-0.3, -0.25) is 13.9 Å². The Hall–Kier alpha value is -3.07. The second kappa shape index (κ2) is 11.8. The largest absolute Gasteiger partial charge is 0.352 e. The quantitative estimate of drug-likeness (QED) is 0.368. The molecule has 190 valence electrons. The van der Waals surface area contributed by atoms with Crippen LogP contribution < -0.4 is 14.9 Å². The Labute approximate surface area is 221 Å². The normalized spacial score (nSPS) is 11.3. The number of amides is 2. The van der Waals surface area contributed by atoms with Gasteiger partial charge in [-0.25, -0.2) is 8.42 Å². The highest BCUT2D eigenvalue weighted by molar-refractivity contribution is 7.92. The van der Waals surface area contributed by atoms with Gasteiger partial charge in [0.05, 0.1) is 26.9 Å². The van der Waals surface area contributed by atoms with Crippen LogP contribution in [-0.2, 0) is 14.8 Å². The second-order valence-electron chi connectivity index (χ2n) is 8.62. The summed E-state index contributed by atoms with van der Waals surface area (Å²) in [6.07, 6.45) is 0. The molecule has 0 saturated heterocycles. The number of hydrogen-bond acceptors (Lipinski definition) is 4. The highest BCUT2D eigenvalue weighted by atomic mass is 35.5. The molecule has 0 radical (unpaired) electrons. The number of benzene rings is 3. The summed E-state index contributed by atoms with van der Waals surface area (Å²) in [5, 5.41) is 5.84. The van der Waals surface area contributed by atoms with Crippen LogP contribution in [-0.4, -0.2) is 33.3 Å². The van der Waals surface area contributed by atoms with Crippen LogP contribution in [0.15, 0.2) is 71.6 Å². The SMILES string of the molecule is Cc1ccc(S(=O)(=O)N(CC(=O)Nc2ccccc2C(=O)NCC(C)C)c2cc(Cl)ccc2Cl)cc1. The summed E-state index contributed by atoms with van der Waals surface area (Å²) in [6.45, 7) is 5.65. The van der Waals surface area contributed by atoms with Crippen LogP contribution in [0.5, 0.6) is 0 Å². The topological polar surface area (TPSA) is 95.6 Å². The Morgan fingerprint density at radius 3 is 2.31 bits per heavy atom. The number of aryl methyl sites for hydroxylation is 1. The van der Waals surface area contributed by atoms with E-state index in [-0.39, 0.29) is 43.7 Å². The van der Waals surface area contributed by atoms with Crippen LogP contribution in [0.2, 0.25) is 10.0 Å². The predicted octanol–water partition coefficient (Wildman–Crippen LogP) is 5.52. The smallest absolute Gasteiger partial charge is 0.264 e. The van der Waals surface area contributed by atoms with Crippen LogP contribution in [0.4, 0.5) is 11.4 Å². The third kappa shape index (κ3) is 6.78. The third-order valence-corrected chi connectivity index (χ3v) is 7.52. The number of hydrogen-bond donors (Lipinski definition) is 2. The highest BCUT2D eigenvalue weighted by Crippen LogP contribution is 2.33. The molecule has 0 aliphatic rings. The molecule has 0 fully saturated rings. The van der Waals surface area contributed by atoms with Crippen molar-refractivity contribution in [2.24, 2.45) is 5.92 Å². The first-order valence-electron chi connectivity index (χ1n) is 11.2. The van der Waals surface area contributed by atoms with Crippen LogP contribution >= 0.6 is 23.2 Å². The first kappa shape index (κ1) is 27.5. The van der Waals surface area contributed by atoms with Gasteiger partial charge in [-0.05, 0) is 55.3 Å². The summed E-state index contributed by atoms with van der Waals surface area (Å²) in [5.74, 6) is -0.758. The number of rotatable bonds is 9. The van der Waals surface area contributed by atoms with Crippen LogP contribution in [0.25, 0.3) is 0 Å².